The molecule has 0 bridgehead atoms. The van der Waals surface area contributed by atoms with Crippen molar-refractivity contribution >= 4 is 0 Å². The van der Waals surface area contributed by atoms with E-state index in [1.807, 2.05) is 0 Å². The molecule has 0 aromatic rings. The van der Waals surface area contributed by atoms with E-state index >= 15 is 0 Å². The molecule has 1 saturated heterocycles. The van der Waals surface area contributed by atoms with Gasteiger partial charge in [0.1, 0.15) is 30.5 Å². The lowest BCUT2D eigenvalue weighted by atomic mass is 9.34. The van der Waals surface area contributed by atoms with E-state index in [4.69, 9.17) is 9.47 Å². The van der Waals surface area contributed by atoms with Crippen molar-refractivity contribution in [2.24, 2.45) is 45.3 Å². The lowest BCUT2D eigenvalue weighted by molar-refractivity contribution is -0.278. The Balaban J connectivity index is 1.46. The fourth-order valence-electron chi connectivity index (χ4n) is 12.2. The molecule has 7 N–H and O–H groups in total. The zero-order valence-corrected chi connectivity index (χ0v) is 29.5. The van der Waals surface area contributed by atoms with E-state index in [9.17, 15) is 35.7 Å². The van der Waals surface area contributed by atoms with Gasteiger partial charge in [0.05, 0.1) is 37.1 Å². The molecule has 5 fully saturated rings. The van der Waals surface area contributed by atoms with E-state index in [1.54, 1.807) is 0 Å². The molecule has 46 heavy (non-hydrogen) atoms. The number of fused-ring (bicyclic) bond motifs is 5. The monoisotopic (exact) mass is 652 g/mol. The van der Waals surface area contributed by atoms with Crippen LogP contribution in [0.15, 0.2) is 11.6 Å². The van der Waals surface area contributed by atoms with Crippen molar-refractivity contribution in [3.63, 3.8) is 0 Å². The predicted molar refractivity (Wildman–Crippen MR) is 175 cm³/mol. The van der Waals surface area contributed by atoms with Gasteiger partial charge in [-0.05, 0) is 117 Å². The van der Waals surface area contributed by atoms with Crippen LogP contribution in [-0.2, 0) is 9.47 Å². The van der Waals surface area contributed by atoms with E-state index in [-0.39, 0.29) is 46.5 Å². The lowest BCUT2D eigenvalue weighted by Gasteiger charge is -2.71. The van der Waals surface area contributed by atoms with Crippen LogP contribution in [0.3, 0.4) is 0 Å². The van der Waals surface area contributed by atoms with Gasteiger partial charge in [0.25, 0.3) is 0 Å². The molecule has 5 aliphatic rings. The molecule has 1 heterocycles. The fourth-order valence-corrected chi connectivity index (χ4v) is 12.2. The zero-order chi connectivity index (χ0) is 34.2. The lowest BCUT2D eigenvalue weighted by Crippen LogP contribution is -2.69. The summed E-state index contributed by atoms with van der Waals surface area (Å²) in [6, 6.07) is 0. The highest BCUT2D eigenvalue weighted by Crippen LogP contribution is 2.76. The number of aliphatic hydroxyl groups excluding tert-OH is 7. The van der Waals surface area contributed by atoms with Gasteiger partial charge < -0.3 is 45.2 Å². The molecule has 0 radical (unpaired) electrons. The summed E-state index contributed by atoms with van der Waals surface area (Å²) in [4.78, 5) is 0. The maximum Gasteiger partial charge on any atom is 0.111 e. The van der Waals surface area contributed by atoms with Crippen LogP contribution < -0.4 is 0 Å². The van der Waals surface area contributed by atoms with Crippen molar-refractivity contribution in [3.8, 4) is 0 Å². The Morgan fingerprint density at radius 3 is 2.15 bits per heavy atom. The minimum absolute atomic E-state index is 0.00647. The average molecular weight is 653 g/mol. The molecule has 5 rings (SSSR count). The summed E-state index contributed by atoms with van der Waals surface area (Å²) in [6.45, 7) is 16.9. The van der Waals surface area contributed by atoms with Crippen molar-refractivity contribution in [1.29, 1.82) is 0 Å². The molecule has 9 nitrogen and oxygen atoms in total. The minimum Gasteiger partial charge on any atom is -0.394 e. The number of hydrogen-bond acceptors (Lipinski definition) is 9. The first-order chi connectivity index (χ1) is 21.3. The molecule has 0 aromatic heterocycles. The summed E-state index contributed by atoms with van der Waals surface area (Å²) < 4.78 is 12.6. The summed E-state index contributed by atoms with van der Waals surface area (Å²) in [7, 11) is 0. The second-order valence-corrected chi connectivity index (χ2v) is 17.8. The number of ether oxygens (including phenoxy) is 2. The van der Waals surface area contributed by atoms with E-state index < -0.39 is 66.5 Å². The Labute approximate surface area is 276 Å². The Kier molecular flexibility index (Phi) is 10.0. The summed E-state index contributed by atoms with van der Waals surface area (Å²) in [6.07, 6.45) is 0.476. The van der Waals surface area contributed by atoms with E-state index in [2.05, 4.69) is 61.5 Å². The highest BCUT2D eigenvalue weighted by atomic mass is 16.6. The zero-order valence-electron chi connectivity index (χ0n) is 29.5. The second kappa shape index (κ2) is 12.6. The molecule has 0 unspecified atom stereocenters. The van der Waals surface area contributed by atoms with Crippen LogP contribution in [0.1, 0.15) is 107 Å². The van der Waals surface area contributed by atoms with Crippen LogP contribution in [0.5, 0.6) is 0 Å². The Hall–Kier alpha value is -0.620. The number of rotatable bonds is 8. The van der Waals surface area contributed by atoms with Crippen LogP contribution in [0, 0.1) is 45.3 Å². The SMILES string of the molecule is CC(C)=CCC[C@](C)(OC[C@@H]1O[C@H](CO)[C@@H](O)[C@H](O)[C@H]1O)[C@H]1CC[C@]2(C)[C@@H]1[C@H](O)C[C@@H]1[C@@]3(C)CC[C@H](O)C(C)(C)[C@@H]3[C@@H](O)C[C@]12C. The third kappa shape index (κ3) is 5.56. The second-order valence-electron chi connectivity index (χ2n) is 17.8. The maximum absolute atomic E-state index is 12.3. The summed E-state index contributed by atoms with van der Waals surface area (Å²) >= 11 is 0. The van der Waals surface area contributed by atoms with E-state index in [0.29, 0.717) is 25.7 Å². The van der Waals surface area contributed by atoms with Gasteiger partial charge in [-0.3, -0.25) is 0 Å². The molecule has 4 aliphatic carbocycles. The minimum atomic E-state index is -1.46. The van der Waals surface area contributed by atoms with Crippen LogP contribution in [0.2, 0.25) is 0 Å². The molecule has 0 aromatic carbocycles. The normalized spacial score (nSPS) is 51.4. The maximum atomic E-state index is 12.3. The van der Waals surface area contributed by atoms with Gasteiger partial charge in [-0.1, -0.05) is 46.3 Å². The third-order valence-corrected chi connectivity index (χ3v) is 14.8. The molecule has 9 heteroatoms. The molecule has 4 saturated carbocycles. The molecule has 0 amide bonds. The molecule has 0 spiro atoms. The largest absolute Gasteiger partial charge is 0.394 e. The van der Waals surface area contributed by atoms with Crippen molar-refractivity contribution in [3.05, 3.63) is 11.6 Å². The quantitative estimate of drug-likeness (QED) is 0.195. The first-order valence-electron chi connectivity index (χ1n) is 17.9. The molecule has 1 aliphatic heterocycles. The third-order valence-electron chi connectivity index (χ3n) is 14.8. The molecular weight excluding hydrogens is 588 g/mol. The van der Waals surface area contributed by atoms with Gasteiger partial charge in [0.2, 0.25) is 0 Å². The average Bonchev–Trinajstić information content (AvgIpc) is 3.35. The Bertz CT molecular complexity index is 1120. The molecular formula is C37H64O9. The molecule has 16 atom stereocenters. The van der Waals surface area contributed by atoms with Crippen LogP contribution in [0.25, 0.3) is 0 Å². The molecule has 266 valence electrons. The number of allylic oxidation sites excluding steroid dienone is 2. The summed E-state index contributed by atoms with van der Waals surface area (Å²) in [5, 5.41) is 76.5. The highest BCUT2D eigenvalue weighted by molar-refractivity contribution is 5.21. The van der Waals surface area contributed by atoms with Gasteiger partial charge in [-0.25, -0.2) is 0 Å². The highest BCUT2D eigenvalue weighted by Gasteiger charge is 2.73. The topological polar surface area (TPSA) is 160 Å². The Morgan fingerprint density at radius 2 is 1.52 bits per heavy atom. The van der Waals surface area contributed by atoms with Gasteiger partial charge in [0.15, 0.2) is 0 Å². The number of aliphatic hydroxyl groups is 7. The number of hydrogen-bond donors (Lipinski definition) is 7. The van der Waals surface area contributed by atoms with E-state index in [1.165, 1.54) is 5.57 Å². The van der Waals surface area contributed by atoms with Crippen molar-refractivity contribution in [2.45, 2.75) is 161 Å². The summed E-state index contributed by atoms with van der Waals surface area (Å²) in [5.74, 6) is 0.0625. The van der Waals surface area contributed by atoms with E-state index in [0.717, 1.165) is 25.7 Å². The van der Waals surface area contributed by atoms with Crippen LogP contribution >= 0.6 is 0 Å². The van der Waals surface area contributed by atoms with Gasteiger partial charge in [0, 0.05) is 0 Å². The van der Waals surface area contributed by atoms with Gasteiger partial charge in [-0.2, -0.15) is 0 Å². The van der Waals surface area contributed by atoms with Crippen molar-refractivity contribution < 1.29 is 45.2 Å². The van der Waals surface area contributed by atoms with Gasteiger partial charge in [-0.15, -0.1) is 0 Å². The predicted octanol–water partition coefficient (Wildman–Crippen LogP) is 3.34. The van der Waals surface area contributed by atoms with Crippen LogP contribution in [0.4, 0.5) is 0 Å². The summed E-state index contributed by atoms with van der Waals surface area (Å²) in [5.41, 5.74) is -0.620. The van der Waals surface area contributed by atoms with Crippen molar-refractivity contribution in [1.82, 2.24) is 0 Å². The van der Waals surface area contributed by atoms with Crippen molar-refractivity contribution in [2.75, 3.05) is 13.2 Å². The smallest absolute Gasteiger partial charge is 0.111 e. The fraction of sp³-hybridized carbons (Fsp3) is 0.946. The Morgan fingerprint density at radius 1 is 0.870 bits per heavy atom. The standard InChI is InChI=1S/C37H64O9/c1-20(2)10-9-13-37(8,45-19-25-30(43)31(44)29(42)24(18-38)46-25)21-11-15-35(6)28(21)22(39)16-26-34(5)14-12-27(41)33(3,4)32(34)23(40)17-36(26,35)7/h10,21-32,38-44H,9,11-19H2,1-8H3/t21-,22+,23-,24+,25-,26+,27-,28-,29+,30-,31-,32-,34+,35+,36+,37-/m0/s1. The first kappa shape index (κ1) is 36.7. The first-order valence-corrected chi connectivity index (χ1v) is 17.9. The van der Waals surface area contributed by atoms with Crippen LogP contribution in [-0.4, -0.2) is 103 Å². The van der Waals surface area contributed by atoms with Gasteiger partial charge >= 0.3 is 0 Å².